The van der Waals surface area contributed by atoms with Gasteiger partial charge in [0.1, 0.15) is 19.3 Å². The highest BCUT2D eigenvalue weighted by molar-refractivity contribution is 7.47. The van der Waals surface area contributed by atoms with Crippen LogP contribution in [0, 0.1) is 0 Å². The van der Waals surface area contributed by atoms with Gasteiger partial charge in [-0.25, -0.2) is 9.13 Å². The van der Waals surface area contributed by atoms with Gasteiger partial charge in [-0.1, -0.05) is 290 Å². The van der Waals surface area contributed by atoms with E-state index in [1.807, 2.05) is 18.2 Å². The molecule has 0 heterocycles. The summed E-state index contributed by atoms with van der Waals surface area (Å²) < 4.78 is 68.6. The Labute approximate surface area is 644 Å². The van der Waals surface area contributed by atoms with Gasteiger partial charge in [0.15, 0.2) is 12.2 Å². The number of phosphoric acid groups is 2. The van der Waals surface area contributed by atoms with Crippen LogP contribution in [0.15, 0.2) is 134 Å². The predicted octanol–water partition coefficient (Wildman–Crippen LogP) is 24.4. The highest BCUT2D eigenvalue weighted by Crippen LogP contribution is 2.45. The van der Waals surface area contributed by atoms with Crippen LogP contribution in [0.4, 0.5) is 0 Å². The van der Waals surface area contributed by atoms with Gasteiger partial charge in [-0.05, 0) is 154 Å². The van der Waals surface area contributed by atoms with E-state index in [-0.39, 0.29) is 25.7 Å². The average molecular weight is 1530 g/mol. The molecule has 17 nitrogen and oxygen atoms in total. The predicted molar refractivity (Wildman–Crippen MR) is 436 cm³/mol. The molecule has 0 aromatic heterocycles. The van der Waals surface area contributed by atoms with E-state index in [1.54, 1.807) is 0 Å². The Morgan fingerprint density at radius 3 is 0.849 bits per heavy atom. The lowest BCUT2D eigenvalue weighted by molar-refractivity contribution is -0.161. The summed E-state index contributed by atoms with van der Waals surface area (Å²) in [6.07, 6.45) is 88.6. The van der Waals surface area contributed by atoms with Gasteiger partial charge in [-0.15, -0.1) is 0 Å². The van der Waals surface area contributed by atoms with Crippen molar-refractivity contribution in [2.45, 2.75) is 354 Å². The molecule has 0 aromatic carbocycles. The van der Waals surface area contributed by atoms with E-state index in [9.17, 15) is 43.2 Å². The van der Waals surface area contributed by atoms with Gasteiger partial charge in [-0.2, -0.15) is 0 Å². The van der Waals surface area contributed by atoms with Crippen molar-refractivity contribution < 1.29 is 80.2 Å². The summed E-state index contributed by atoms with van der Waals surface area (Å²) in [5, 5.41) is 10.7. The summed E-state index contributed by atoms with van der Waals surface area (Å²) >= 11 is 0. The average Bonchev–Trinajstić information content (AvgIpc) is 0.901. The molecule has 608 valence electrons. The number of aliphatic hydroxyl groups is 1. The van der Waals surface area contributed by atoms with Crippen molar-refractivity contribution in [3.63, 3.8) is 0 Å². The van der Waals surface area contributed by atoms with Crippen LogP contribution in [0.3, 0.4) is 0 Å². The van der Waals surface area contributed by atoms with Gasteiger partial charge in [0.25, 0.3) is 0 Å². The van der Waals surface area contributed by atoms with Crippen LogP contribution in [0.2, 0.25) is 0 Å². The van der Waals surface area contributed by atoms with Gasteiger partial charge in [0, 0.05) is 25.7 Å². The molecule has 0 aliphatic rings. The second-order valence-corrected chi connectivity index (χ2v) is 30.2. The van der Waals surface area contributed by atoms with Gasteiger partial charge in [0.2, 0.25) is 0 Å². The largest absolute Gasteiger partial charge is 0.472 e. The van der Waals surface area contributed by atoms with Gasteiger partial charge in [-0.3, -0.25) is 37.3 Å². The number of allylic oxidation sites excluding steroid dienone is 22. The Hall–Kier alpha value is -4.80. The van der Waals surface area contributed by atoms with E-state index >= 15 is 0 Å². The van der Waals surface area contributed by atoms with Crippen molar-refractivity contribution >= 4 is 39.5 Å². The highest BCUT2D eigenvalue weighted by atomic mass is 31.2. The third-order valence-electron chi connectivity index (χ3n) is 17.1. The molecule has 0 rings (SSSR count). The van der Waals surface area contributed by atoms with E-state index in [4.69, 9.17) is 37.0 Å². The number of unbranched alkanes of at least 4 members (excludes halogenated alkanes) is 29. The molecule has 3 N–H and O–H groups in total. The Balaban J connectivity index is 5.42. The van der Waals surface area contributed by atoms with Crippen molar-refractivity contribution in [2.75, 3.05) is 39.6 Å². The number of carbonyl (C=O) groups excluding carboxylic acids is 4. The molecular formula is C87H148O17P2. The van der Waals surface area contributed by atoms with Crippen LogP contribution in [0.5, 0.6) is 0 Å². The maximum atomic E-state index is 13.1. The zero-order valence-corrected chi connectivity index (χ0v) is 68.4. The van der Waals surface area contributed by atoms with Gasteiger partial charge < -0.3 is 33.8 Å². The molecule has 0 aromatic rings. The molecule has 0 amide bonds. The molecule has 0 saturated heterocycles. The molecule has 5 unspecified atom stereocenters. The molecule has 106 heavy (non-hydrogen) atoms. The summed E-state index contributed by atoms with van der Waals surface area (Å²) in [7, 11) is -9.99. The number of hydrogen-bond donors (Lipinski definition) is 3. The molecule has 19 heteroatoms. The lowest BCUT2D eigenvalue weighted by Crippen LogP contribution is -2.30. The molecule has 0 fully saturated rings. The number of carbonyl (C=O) groups is 4. The van der Waals surface area contributed by atoms with Crippen LogP contribution in [-0.2, 0) is 65.4 Å². The zero-order valence-electron chi connectivity index (χ0n) is 66.6. The van der Waals surface area contributed by atoms with Crippen LogP contribution in [-0.4, -0.2) is 96.7 Å². The minimum atomic E-state index is -5.00. The summed E-state index contributed by atoms with van der Waals surface area (Å²) in [6.45, 7) is 4.62. The minimum Gasteiger partial charge on any atom is -0.462 e. The van der Waals surface area contributed by atoms with E-state index < -0.39 is 97.5 Å². The van der Waals surface area contributed by atoms with Crippen molar-refractivity contribution in [2.24, 2.45) is 0 Å². The lowest BCUT2D eigenvalue weighted by atomic mass is 10.1. The number of esters is 4. The number of hydrogen-bond acceptors (Lipinski definition) is 15. The second kappa shape index (κ2) is 78.3. The first-order valence-electron chi connectivity index (χ1n) is 41.4. The second-order valence-electron chi connectivity index (χ2n) is 27.3. The van der Waals surface area contributed by atoms with E-state index in [0.29, 0.717) is 32.1 Å². The zero-order chi connectivity index (χ0) is 77.4. The minimum absolute atomic E-state index is 0.0321. The fourth-order valence-electron chi connectivity index (χ4n) is 10.8. The highest BCUT2D eigenvalue weighted by Gasteiger charge is 2.30. The van der Waals surface area contributed by atoms with Crippen molar-refractivity contribution in [3.8, 4) is 0 Å². The molecule has 5 atom stereocenters. The van der Waals surface area contributed by atoms with Crippen molar-refractivity contribution in [3.05, 3.63) is 134 Å². The first kappa shape index (κ1) is 101. The molecular weight excluding hydrogens is 1380 g/mol. The van der Waals surface area contributed by atoms with Crippen LogP contribution in [0.25, 0.3) is 0 Å². The molecule has 0 radical (unpaired) electrons. The number of ether oxygens (including phenoxy) is 4. The van der Waals surface area contributed by atoms with Crippen LogP contribution < -0.4 is 0 Å². The Kier molecular flexibility index (Phi) is 74.8. The summed E-state index contributed by atoms with van der Waals surface area (Å²) in [4.78, 5) is 73.1. The first-order chi connectivity index (χ1) is 51.7. The SMILES string of the molecule is CC/C=C\C/C=C\C/C=C\C/C=C\C/C=C\C/C=C\CCC(=O)OCC(COP(=O)(O)OCC(O)COP(=O)(O)OCC(COC(=O)CCCCCCCC/C=C\C/C=C\C/C=C\CCCCC)OC(=O)CCCCCCC/C=C\CCCCCCCC)OC(=O)CCCCCCC/C=C\CCCCCC. The first-order valence-corrected chi connectivity index (χ1v) is 44.4. The number of aliphatic hydroxyl groups excluding tert-OH is 1. The van der Waals surface area contributed by atoms with Crippen LogP contribution in [0.1, 0.15) is 336 Å². The molecule has 0 aliphatic carbocycles. The fraction of sp³-hybridized carbons (Fsp3) is 0.701. The molecule has 0 saturated carbocycles. The van der Waals surface area contributed by atoms with Crippen molar-refractivity contribution in [1.29, 1.82) is 0 Å². The molecule has 0 aliphatic heterocycles. The quantitative estimate of drug-likeness (QED) is 0.0169. The Bertz CT molecular complexity index is 2530. The Morgan fingerprint density at radius 2 is 0.509 bits per heavy atom. The normalized spacial score (nSPS) is 14.5. The fourth-order valence-corrected chi connectivity index (χ4v) is 12.4. The smallest absolute Gasteiger partial charge is 0.462 e. The van der Waals surface area contributed by atoms with Crippen LogP contribution >= 0.6 is 15.6 Å². The summed E-state index contributed by atoms with van der Waals surface area (Å²) in [6, 6.07) is 0. The maximum absolute atomic E-state index is 13.1. The maximum Gasteiger partial charge on any atom is 0.472 e. The topological polar surface area (TPSA) is 237 Å². The lowest BCUT2D eigenvalue weighted by Gasteiger charge is -2.21. The van der Waals surface area contributed by atoms with E-state index in [0.717, 1.165) is 167 Å². The number of phosphoric ester groups is 2. The molecule has 0 bridgehead atoms. The third kappa shape index (κ3) is 77.4. The standard InChI is InChI=1S/C87H148O17P2/c1-5-9-13-17-21-25-29-33-36-38-40-42-45-48-51-55-59-63-67-71-84(89)97-77-82(103-86(91)73-69-65-61-57-53-47-32-28-24-20-16-12-8-4)79-101-105(93,94)99-75-81(88)76-100-106(95,96)102-80-83(104-87(92)74-70-66-62-58-54-50-44-35-31-27-23-19-15-11-7-3)78-98-85(90)72-68-64-60-56-52-49-46-43-41-39-37-34-30-26-22-18-14-10-6-2/h9,13,21-22,25-26,28,32-37,40-44,48,51,59,63,81-83,88H,5-8,10-12,14-20,23-24,27,29-31,38-39,45-47,49-50,52-58,60-62,64-80H2,1-4H3,(H,93,94)(H,95,96)/b13-9-,25-21-,26-22-,32-28-,36-33-,37-34-,42-40-,43-41-,44-35-,51-48-,63-59-. The van der Waals surface area contributed by atoms with Crippen molar-refractivity contribution in [1.82, 2.24) is 0 Å². The van der Waals surface area contributed by atoms with Gasteiger partial charge in [0.05, 0.1) is 26.4 Å². The van der Waals surface area contributed by atoms with E-state index in [2.05, 4.69) is 143 Å². The third-order valence-corrected chi connectivity index (χ3v) is 19.0. The summed E-state index contributed by atoms with van der Waals surface area (Å²) in [5.41, 5.74) is 0. The van der Waals surface area contributed by atoms with E-state index in [1.165, 1.54) is 83.5 Å². The Morgan fingerprint density at radius 1 is 0.274 bits per heavy atom. The summed E-state index contributed by atoms with van der Waals surface area (Å²) in [5.74, 6) is -2.30. The molecule has 0 spiro atoms. The monoisotopic (exact) mass is 1530 g/mol. The number of rotatable bonds is 77. The van der Waals surface area contributed by atoms with Gasteiger partial charge >= 0.3 is 39.5 Å².